The maximum atomic E-state index is 11.8. The van der Waals surface area contributed by atoms with Gasteiger partial charge in [0.05, 0.1) is 0 Å². The first-order valence-electron chi connectivity index (χ1n) is 6.95. The largest absolute Gasteiger partial charge is 0.377 e. The molecule has 0 amide bonds. The van der Waals surface area contributed by atoms with E-state index in [1.807, 2.05) is 12.1 Å². The van der Waals surface area contributed by atoms with E-state index in [0.29, 0.717) is 6.42 Å². The second-order valence-corrected chi connectivity index (χ2v) is 6.28. The highest BCUT2D eigenvalue weighted by Crippen LogP contribution is 2.34. The van der Waals surface area contributed by atoms with Crippen molar-refractivity contribution < 1.29 is 4.79 Å². The zero-order valence-electron chi connectivity index (χ0n) is 12.1. The summed E-state index contributed by atoms with van der Waals surface area (Å²) in [7, 11) is 2.09. The van der Waals surface area contributed by atoms with Crippen molar-refractivity contribution >= 4 is 5.78 Å². The van der Waals surface area contributed by atoms with Gasteiger partial charge in [0, 0.05) is 31.8 Å². The van der Waals surface area contributed by atoms with Crippen molar-refractivity contribution in [1.29, 1.82) is 0 Å². The molecular formula is C17H23NO. The summed E-state index contributed by atoms with van der Waals surface area (Å²) < 4.78 is 0. The van der Waals surface area contributed by atoms with Crippen LogP contribution < -0.4 is 0 Å². The number of allylic oxidation sites excluding steroid dienone is 2. The third kappa shape index (κ3) is 3.95. The number of rotatable bonds is 4. The van der Waals surface area contributed by atoms with E-state index in [-0.39, 0.29) is 11.2 Å². The van der Waals surface area contributed by atoms with E-state index in [1.54, 1.807) is 0 Å². The first-order chi connectivity index (χ1) is 8.96. The molecule has 1 aromatic rings. The zero-order valence-corrected chi connectivity index (χ0v) is 12.1. The van der Waals surface area contributed by atoms with Gasteiger partial charge in [0.2, 0.25) is 0 Å². The molecule has 1 aliphatic rings. The first-order valence-corrected chi connectivity index (χ1v) is 6.95. The molecule has 0 fully saturated rings. The molecule has 102 valence electrons. The molecule has 0 spiro atoms. The Morgan fingerprint density at radius 2 is 1.84 bits per heavy atom. The molecule has 0 aliphatic heterocycles. The van der Waals surface area contributed by atoms with Gasteiger partial charge in [-0.05, 0) is 23.8 Å². The first kappa shape index (κ1) is 13.9. The van der Waals surface area contributed by atoms with Gasteiger partial charge < -0.3 is 4.90 Å². The summed E-state index contributed by atoms with van der Waals surface area (Å²) in [5, 5.41) is 0. The molecule has 1 aliphatic carbocycles. The van der Waals surface area contributed by atoms with E-state index in [1.165, 1.54) is 11.3 Å². The Labute approximate surface area is 116 Å². The van der Waals surface area contributed by atoms with Gasteiger partial charge in [-0.15, -0.1) is 0 Å². The molecular weight excluding hydrogens is 234 g/mol. The standard InChI is InChI=1S/C17H23NO/c1-17(2)12-15(11-16(19)13-17)18(3)10-9-14-7-5-4-6-8-14/h4-8,11H,9-10,12-13H2,1-3H3. The molecule has 0 aromatic heterocycles. The number of carbonyl (C=O) groups is 1. The third-order valence-electron chi connectivity index (χ3n) is 3.71. The Morgan fingerprint density at radius 3 is 2.47 bits per heavy atom. The fourth-order valence-corrected chi connectivity index (χ4v) is 2.64. The van der Waals surface area contributed by atoms with Crippen LogP contribution in [-0.2, 0) is 11.2 Å². The van der Waals surface area contributed by atoms with Gasteiger partial charge >= 0.3 is 0 Å². The number of carbonyl (C=O) groups excluding carboxylic acids is 1. The lowest BCUT2D eigenvalue weighted by molar-refractivity contribution is -0.117. The van der Waals surface area contributed by atoms with Crippen LogP contribution in [0.1, 0.15) is 32.3 Å². The quantitative estimate of drug-likeness (QED) is 0.823. The van der Waals surface area contributed by atoms with Crippen LogP contribution >= 0.6 is 0 Å². The number of ketones is 1. The van der Waals surface area contributed by atoms with E-state index in [9.17, 15) is 4.79 Å². The van der Waals surface area contributed by atoms with Gasteiger partial charge in [-0.2, -0.15) is 0 Å². The second-order valence-electron chi connectivity index (χ2n) is 6.28. The van der Waals surface area contributed by atoms with Crippen molar-refractivity contribution in [1.82, 2.24) is 4.90 Å². The number of likely N-dealkylation sites (N-methyl/N-ethyl adjacent to an activating group) is 1. The summed E-state index contributed by atoms with van der Waals surface area (Å²) in [4.78, 5) is 14.0. The fraction of sp³-hybridized carbons (Fsp3) is 0.471. The molecule has 0 N–H and O–H groups in total. The molecule has 0 atom stereocenters. The summed E-state index contributed by atoms with van der Waals surface area (Å²) in [5.41, 5.74) is 2.62. The molecule has 2 nitrogen and oxygen atoms in total. The Balaban J connectivity index is 1.96. The van der Waals surface area contributed by atoms with Gasteiger partial charge in [-0.3, -0.25) is 4.79 Å². The lowest BCUT2D eigenvalue weighted by atomic mass is 9.78. The van der Waals surface area contributed by atoms with Crippen molar-refractivity contribution in [3.63, 3.8) is 0 Å². The third-order valence-corrected chi connectivity index (χ3v) is 3.71. The Kier molecular flexibility index (Phi) is 4.08. The van der Waals surface area contributed by atoms with Crippen LogP contribution in [0.5, 0.6) is 0 Å². The molecule has 2 heteroatoms. The van der Waals surface area contributed by atoms with Crippen LogP contribution in [0.15, 0.2) is 42.1 Å². The van der Waals surface area contributed by atoms with Gasteiger partial charge in [-0.1, -0.05) is 44.2 Å². The number of nitrogens with zero attached hydrogens (tertiary/aromatic N) is 1. The highest BCUT2D eigenvalue weighted by molar-refractivity contribution is 5.91. The average Bonchev–Trinajstić information content (AvgIpc) is 2.34. The molecule has 0 saturated heterocycles. The molecule has 19 heavy (non-hydrogen) atoms. The monoisotopic (exact) mass is 257 g/mol. The van der Waals surface area contributed by atoms with Crippen LogP contribution in [0.3, 0.4) is 0 Å². The van der Waals surface area contributed by atoms with Crippen molar-refractivity contribution in [2.24, 2.45) is 5.41 Å². The van der Waals surface area contributed by atoms with E-state index < -0.39 is 0 Å². The Morgan fingerprint density at radius 1 is 1.16 bits per heavy atom. The Hall–Kier alpha value is -1.57. The summed E-state index contributed by atoms with van der Waals surface area (Å²) in [5.74, 6) is 0.262. The van der Waals surface area contributed by atoms with E-state index >= 15 is 0 Å². The zero-order chi connectivity index (χ0) is 13.9. The lowest BCUT2D eigenvalue weighted by Gasteiger charge is -2.33. The van der Waals surface area contributed by atoms with Crippen LogP contribution in [0, 0.1) is 5.41 Å². The summed E-state index contributed by atoms with van der Waals surface area (Å²) in [6, 6.07) is 10.5. The summed E-state index contributed by atoms with van der Waals surface area (Å²) in [6.07, 6.45) is 4.51. The normalized spacial score (nSPS) is 18.1. The molecule has 1 aromatic carbocycles. The maximum Gasteiger partial charge on any atom is 0.157 e. The molecule has 0 bridgehead atoms. The predicted molar refractivity (Wildman–Crippen MR) is 78.9 cm³/mol. The van der Waals surface area contributed by atoms with Crippen molar-refractivity contribution in [2.75, 3.05) is 13.6 Å². The van der Waals surface area contributed by atoms with Gasteiger partial charge in [-0.25, -0.2) is 0 Å². The van der Waals surface area contributed by atoms with Crippen LogP contribution in [0.4, 0.5) is 0 Å². The van der Waals surface area contributed by atoms with Crippen LogP contribution in [0.25, 0.3) is 0 Å². The minimum atomic E-state index is 0.0994. The topological polar surface area (TPSA) is 20.3 Å². The number of hydrogen-bond donors (Lipinski definition) is 0. The molecule has 2 rings (SSSR count). The van der Waals surface area contributed by atoms with Gasteiger partial charge in [0.1, 0.15) is 0 Å². The fourth-order valence-electron chi connectivity index (χ4n) is 2.64. The minimum Gasteiger partial charge on any atom is -0.377 e. The highest BCUT2D eigenvalue weighted by Gasteiger charge is 2.28. The molecule has 0 heterocycles. The van der Waals surface area contributed by atoms with Gasteiger partial charge in [0.15, 0.2) is 5.78 Å². The SMILES string of the molecule is CN(CCc1ccccc1)C1=CC(=O)CC(C)(C)C1. The molecule has 0 unspecified atom stereocenters. The predicted octanol–water partition coefficient (Wildman–Crippen LogP) is 3.43. The van der Waals surface area contributed by atoms with Crippen molar-refractivity contribution in [2.45, 2.75) is 33.1 Å². The second kappa shape index (κ2) is 5.60. The van der Waals surface area contributed by atoms with Crippen molar-refractivity contribution in [3.8, 4) is 0 Å². The number of hydrogen-bond acceptors (Lipinski definition) is 2. The van der Waals surface area contributed by atoms with Crippen molar-refractivity contribution in [3.05, 3.63) is 47.7 Å². The van der Waals surface area contributed by atoms with E-state index in [0.717, 1.165) is 19.4 Å². The van der Waals surface area contributed by atoms with Crippen LogP contribution in [-0.4, -0.2) is 24.3 Å². The summed E-state index contributed by atoms with van der Waals surface area (Å²) >= 11 is 0. The maximum absolute atomic E-state index is 11.8. The van der Waals surface area contributed by atoms with E-state index in [4.69, 9.17) is 0 Å². The average molecular weight is 257 g/mol. The van der Waals surface area contributed by atoms with E-state index in [2.05, 4.69) is 50.1 Å². The number of benzene rings is 1. The smallest absolute Gasteiger partial charge is 0.157 e. The highest BCUT2D eigenvalue weighted by atomic mass is 16.1. The molecule has 0 saturated carbocycles. The Bertz CT molecular complexity index is 473. The lowest BCUT2D eigenvalue weighted by Crippen LogP contribution is -2.30. The summed E-state index contributed by atoms with van der Waals surface area (Å²) in [6.45, 7) is 5.30. The van der Waals surface area contributed by atoms with Gasteiger partial charge in [0.25, 0.3) is 0 Å². The molecule has 0 radical (unpaired) electrons. The minimum absolute atomic E-state index is 0.0994. The van der Waals surface area contributed by atoms with Crippen LogP contribution in [0.2, 0.25) is 0 Å².